The summed E-state index contributed by atoms with van der Waals surface area (Å²) in [5.74, 6) is 0. The highest BCUT2D eigenvalue weighted by Gasteiger charge is 2.26. The van der Waals surface area contributed by atoms with E-state index in [0.29, 0.717) is 19.8 Å². The molecule has 0 atom stereocenters. The average Bonchev–Trinajstić information content (AvgIpc) is 3.06. The molecule has 46 heavy (non-hydrogen) atoms. The van der Waals surface area contributed by atoms with Crippen LogP contribution < -0.4 is 0 Å². The van der Waals surface area contributed by atoms with Crippen molar-refractivity contribution in [2.45, 2.75) is 245 Å². The van der Waals surface area contributed by atoms with Gasteiger partial charge in [-0.3, -0.25) is 13.6 Å². The second-order valence-electron chi connectivity index (χ2n) is 14.3. The van der Waals surface area contributed by atoms with Crippen molar-refractivity contribution in [1.82, 2.24) is 0 Å². The van der Waals surface area contributed by atoms with E-state index in [1.165, 1.54) is 180 Å². The minimum absolute atomic E-state index is 0.461. The van der Waals surface area contributed by atoms with Crippen LogP contribution in [0.3, 0.4) is 0 Å². The summed E-state index contributed by atoms with van der Waals surface area (Å²) in [7, 11) is -3.44. The van der Waals surface area contributed by atoms with E-state index in [-0.39, 0.29) is 0 Å². The normalized spacial score (nSPS) is 12.0. The Balaban J connectivity index is 3.73. The molecule has 278 valence electrons. The number of unbranched alkanes of at least 4 members (excludes halogenated alkanes) is 32. The molecule has 0 amide bonds. The van der Waals surface area contributed by atoms with Gasteiger partial charge in [-0.15, -0.1) is 0 Å². The van der Waals surface area contributed by atoms with Gasteiger partial charge < -0.3 is 0 Å². The van der Waals surface area contributed by atoms with Crippen LogP contribution in [0.25, 0.3) is 0 Å². The van der Waals surface area contributed by atoms with E-state index >= 15 is 0 Å². The first-order valence-corrected chi connectivity index (χ1v) is 22.7. The highest BCUT2D eigenvalue weighted by Crippen LogP contribution is 2.50. The second-order valence-corrected chi connectivity index (χ2v) is 15.9. The van der Waals surface area contributed by atoms with Crippen molar-refractivity contribution in [2.75, 3.05) is 19.8 Å². The molecule has 0 bridgehead atoms. The van der Waals surface area contributed by atoms with E-state index in [9.17, 15) is 4.57 Å². The molecule has 0 saturated carbocycles. The van der Waals surface area contributed by atoms with Crippen LogP contribution in [0.4, 0.5) is 0 Å². The van der Waals surface area contributed by atoms with Gasteiger partial charge in [0.2, 0.25) is 0 Å². The second kappa shape index (κ2) is 39.5. The minimum Gasteiger partial charge on any atom is -0.287 e. The van der Waals surface area contributed by atoms with Crippen LogP contribution in [0.15, 0.2) is 0 Å². The van der Waals surface area contributed by atoms with Gasteiger partial charge in [0.1, 0.15) is 0 Å². The number of hydrogen-bond donors (Lipinski definition) is 0. The maximum absolute atomic E-state index is 13.2. The largest absolute Gasteiger partial charge is 0.474 e. The Morgan fingerprint density at radius 1 is 0.261 bits per heavy atom. The zero-order valence-corrected chi connectivity index (χ0v) is 32.8. The molecule has 0 radical (unpaired) electrons. The molecule has 5 heteroatoms. The Morgan fingerprint density at radius 3 is 0.630 bits per heavy atom. The van der Waals surface area contributed by atoms with Gasteiger partial charge in [0.05, 0.1) is 19.8 Å². The molecule has 0 N–H and O–H groups in total. The summed E-state index contributed by atoms with van der Waals surface area (Å²) >= 11 is 0. The molecule has 4 nitrogen and oxygen atoms in total. The maximum atomic E-state index is 13.2. The third-order valence-electron chi connectivity index (χ3n) is 9.49. The molecule has 0 aliphatic heterocycles. The van der Waals surface area contributed by atoms with E-state index in [2.05, 4.69) is 20.8 Å². The Morgan fingerprint density at radius 2 is 0.413 bits per heavy atom. The Kier molecular flexibility index (Phi) is 39.6. The summed E-state index contributed by atoms with van der Waals surface area (Å²) in [6, 6.07) is 0. The Hall–Kier alpha value is 0.110. The van der Waals surface area contributed by atoms with Crippen LogP contribution in [0.1, 0.15) is 245 Å². The average molecular weight is 673 g/mol. The van der Waals surface area contributed by atoms with E-state index < -0.39 is 7.82 Å². The van der Waals surface area contributed by atoms with Gasteiger partial charge in [-0.2, -0.15) is 0 Å². The van der Waals surface area contributed by atoms with Crippen molar-refractivity contribution in [3.63, 3.8) is 0 Å². The molecule has 0 aromatic carbocycles. The van der Waals surface area contributed by atoms with Crippen molar-refractivity contribution < 1.29 is 18.1 Å². The highest BCUT2D eigenvalue weighted by atomic mass is 31.2. The maximum Gasteiger partial charge on any atom is 0.474 e. The van der Waals surface area contributed by atoms with Gasteiger partial charge in [-0.25, -0.2) is 4.57 Å². The molecule has 0 fully saturated rings. The first-order valence-electron chi connectivity index (χ1n) is 21.2. The van der Waals surface area contributed by atoms with E-state index in [1.807, 2.05) is 0 Å². The predicted molar refractivity (Wildman–Crippen MR) is 204 cm³/mol. The monoisotopic (exact) mass is 673 g/mol. The van der Waals surface area contributed by atoms with Crippen molar-refractivity contribution >= 4 is 7.82 Å². The molecule has 0 aliphatic carbocycles. The summed E-state index contributed by atoms with van der Waals surface area (Å²) in [5, 5.41) is 0. The lowest BCUT2D eigenvalue weighted by atomic mass is 10.0. The summed E-state index contributed by atoms with van der Waals surface area (Å²) < 4.78 is 30.5. The molecular weight excluding hydrogens is 587 g/mol. The Bertz CT molecular complexity index is 557. The number of phosphoric acid groups is 1. The Labute approximate surface area is 290 Å². The first-order chi connectivity index (χ1) is 22.7. The van der Waals surface area contributed by atoms with Crippen LogP contribution in [-0.4, -0.2) is 19.8 Å². The van der Waals surface area contributed by atoms with Gasteiger partial charge in [-0.05, 0) is 19.3 Å². The zero-order valence-electron chi connectivity index (χ0n) is 32.0. The quantitative estimate of drug-likeness (QED) is 0.0479. The SMILES string of the molecule is CCCCCCCCCCCCCCCCCCOP(=O)(OCCCCC)OCCCCCCCCCCCCCCCCCC. The highest BCUT2D eigenvalue weighted by molar-refractivity contribution is 7.48. The summed E-state index contributed by atoms with van der Waals surface area (Å²) in [4.78, 5) is 0. The molecule has 0 spiro atoms. The fourth-order valence-corrected chi connectivity index (χ4v) is 7.57. The van der Waals surface area contributed by atoms with Gasteiger partial charge in [0.15, 0.2) is 0 Å². The first kappa shape index (κ1) is 46.1. The van der Waals surface area contributed by atoms with E-state index in [0.717, 1.165) is 44.9 Å². The number of rotatable bonds is 41. The lowest BCUT2D eigenvalue weighted by molar-refractivity contribution is 0.108. The molecule has 0 aliphatic rings. The summed E-state index contributed by atoms with van der Waals surface area (Å²) in [6.45, 7) is 8.16. The van der Waals surface area contributed by atoms with Gasteiger partial charge in [0, 0.05) is 0 Å². The van der Waals surface area contributed by atoms with Crippen molar-refractivity contribution in [3.8, 4) is 0 Å². The molecule has 0 unspecified atom stereocenters. The van der Waals surface area contributed by atoms with E-state index in [4.69, 9.17) is 13.6 Å². The molecular formula is C41H85O4P. The van der Waals surface area contributed by atoms with Crippen LogP contribution in [0.5, 0.6) is 0 Å². The van der Waals surface area contributed by atoms with Gasteiger partial charge in [-0.1, -0.05) is 226 Å². The topological polar surface area (TPSA) is 44.8 Å². The van der Waals surface area contributed by atoms with Crippen molar-refractivity contribution in [3.05, 3.63) is 0 Å². The fraction of sp³-hybridized carbons (Fsp3) is 1.00. The minimum atomic E-state index is -3.44. The third-order valence-corrected chi connectivity index (χ3v) is 11.0. The van der Waals surface area contributed by atoms with Gasteiger partial charge >= 0.3 is 7.82 Å². The molecule has 0 rings (SSSR count). The molecule has 0 aromatic heterocycles. The summed E-state index contributed by atoms with van der Waals surface area (Å²) in [5.41, 5.74) is 0. The third kappa shape index (κ3) is 36.9. The molecule has 0 heterocycles. The van der Waals surface area contributed by atoms with Crippen molar-refractivity contribution in [2.24, 2.45) is 0 Å². The van der Waals surface area contributed by atoms with E-state index in [1.54, 1.807) is 0 Å². The standard InChI is InChI=1S/C41H85O4P/c1-4-7-10-12-14-16-18-20-22-24-26-28-30-32-34-37-40-44-46(42,43-39-36-9-6-3)45-41-38-35-33-31-29-27-25-23-21-19-17-15-13-11-8-5-2/h4-41H2,1-3H3. The van der Waals surface area contributed by atoms with Crippen LogP contribution >= 0.6 is 7.82 Å². The number of hydrogen-bond acceptors (Lipinski definition) is 4. The lowest BCUT2D eigenvalue weighted by Gasteiger charge is -2.18. The lowest BCUT2D eigenvalue weighted by Crippen LogP contribution is -2.04. The van der Waals surface area contributed by atoms with Crippen LogP contribution in [-0.2, 0) is 18.1 Å². The van der Waals surface area contributed by atoms with Crippen molar-refractivity contribution in [1.29, 1.82) is 0 Å². The van der Waals surface area contributed by atoms with Crippen LogP contribution in [0.2, 0.25) is 0 Å². The summed E-state index contributed by atoms with van der Waals surface area (Å²) in [6.07, 6.45) is 46.1. The predicted octanol–water partition coefficient (Wildman–Crippen LogP) is 15.9. The number of phosphoric ester groups is 1. The zero-order chi connectivity index (χ0) is 33.5. The van der Waals surface area contributed by atoms with Gasteiger partial charge in [0.25, 0.3) is 0 Å². The molecule has 0 saturated heterocycles. The van der Waals surface area contributed by atoms with Crippen LogP contribution in [0, 0.1) is 0 Å². The molecule has 0 aromatic rings. The fourth-order valence-electron chi connectivity index (χ4n) is 6.29. The smallest absolute Gasteiger partial charge is 0.287 e.